The molecule has 0 aliphatic carbocycles. The van der Waals surface area contributed by atoms with Crippen LogP contribution in [0.3, 0.4) is 0 Å². The average molecular weight is 378 g/mol. The van der Waals surface area contributed by atoms with Gasteiger partial charge >= 0.3 is 0 Å². The van der Waals surface area contributed by atoms with Crippen molar-refractivity contribution in [1.29, 1.82) is 0 Å². The van der Waals surface area contributed by atoms with Crippen LogP contribution in [0.5, 0.6) is 5.75 Å². The van der Waals surface area contributed by atoms with E-state index < -0.39 is 0 Å². The van der Waals surface area contributed by atoms with Gasteiger partial charge in [0.25, 0.3) is 5.91 Å². The van der Waals surface area contributed by atoms with Gasteiger partial charge < -0.3 is 15.4 Å². The molecule has 0 saturated heterocycles. The Balaban J connectivity index is 1.61. The minimum atomic E-state index is -0.171. The standard InChI is InChI=1S/C21H18N2O3S/c1-12-16(22-13(2)24)7-5-8-17(12)23-21(25)19-10-14-11-26-18-9-4-3-6-15(18)20(14)27-19/h3-10H,11H2,1-2H3,(H,22,24)(H,23,25). The molecule has 2 N–H and O–H groups in total. The van der Waals surface area contributed by atoms with Gasteiger partial charge in [-0.1, -0.05) is 18.2 Å². The normalized spacial score (nSPS) is 11.8. The van der Waals surface area contributed by atoms with Crippen molar-refractivity contribution in [3.05, 3.63) is 64.5 Å². The quantitative estimate of drug-likeness (QED) is 0.686. The molecule has 2 amide bonds. The van der Waals surface area contributed by atoms with Gasteiger partial charge in [0.15, 0.2) is 0 Å². The number of anilines is 2. The van der Waals surface area contributed by atoms with Gasteiger partial charge in [-0.3, -0.25) is 9.59 Å². The van der Waals surface area contributed by atoms with Gasteiger partial charge in [0.1, 0.15) is 12.4 Å². The number of thiophene rings is 1. The Morgan fingerprint density at radius 2 is 1.78 bits per heavy atom. The van der Waals surface area contributed by atoms with Crippen molar-refractivity contribution in [2.75, 3.05) is 10.6 Å². The molecule has 3 aromatic rings. The third kappa shape index (κ3) is 3.31. The number of rotatable bonds is 3. The summed E-state index contributed by atoms with van der Waals surface area (Å²) in [5.41, 5.74) is 4.22. The fourth-order valence-corrected chi connectivity index (χ4v) is 4.18. The van der Waals surface area contributed by atoms with Crippen molar-refractivity contribution >= 4 is 34.5 Å². The van der Waals surface area contributed by atoms with Crippen LogP contribution in [0.2, 0.25) is 0 Å². The predicted molar refractivity (Wildman–Crippen MR) is 108 cm³/mol. The van der Waals surface area contributed by atoms with Crippen molar-refractivity contribution < 1.29 is 14.3 Å². The first-order valence-electron chi connectivity index (χ1n) is 8.56. The number of benzene rings is 2. The minimum Gasteiger partial charge on any atom is -0.488 e. The Morgan fingerprint density at radius 3 is 2.56 bits per heavy atom. The van der Waals surface area contributed by atoms with Gasteiger partial charge in [0, 0.05) is 34.3 Å². The average Bonchev–Trinajstić information content (AvgIpc) is 3.09. The first-order valence-corrected chi connectivity index (χ1v) is 9.38. The first-order chi connectivity index (χ1) is 13.0. The van der Waals surface area contributed by atoms with Gasteiger partial charge in [0.05, 0.1) is 4.88 Å². The number of hydrogen-bond donors (Lipinski definition) is 2. The molecular weight excluding hydrogens is 360 g/mol. The highest BCUT2D eigenvalue weighted by Crippen LogP contribution is 2.42. The molecule has 1 aromatic heterocycles. The molecule has 0 radical (unpaired) electrons. The van der Waals surface area contributed by atoms with Crippen LogP contribution in [-0.4, -0.2) is 11.8 Å². The van der Waals surface area contributed by atoms with Crippen molar-refractivity contribution in [2.45, 2.75) is 20.5 Å². The number of para-hydroxylation sites is 1. The summed E-state index contributed by atoms with van der Waals surface area (Å²) in [4.78, 5) is 25.8. The van der Waals surface area contributed by atoms with Gasteiger partial charge in [-0.15, -0.1) is 11.3 Å². The van der Waals surface area contributed by atoms with Crippen molar-refractivity contribution in [1.82, 2.24) is 0 Å². The molecule has 0 spiro atoms. The fourth-order valence-electron chi connectivity index (χ4n) is 3.09. The van der Waals surface area contributed by atoms with Crippen LogP contribution in [0.4, 0.5) is 11.4 Å². The number of fused-ring (bicyclic) bond motifs is 3. The maximum atomic E-state index is 12.8. The number of nitrogens with one attached hydrogen (secondary N) is 2. The van der Waals surface area contributed by atoms with Crippen LogP contribution in [0.25, 0.3) is 10.4 Å². The van der Waals surface area contributed by atoms with Crippen molar-refractivity contribution in [3.63, 3.8) is 0 Å². The van der Waals surface area contributed by atoms with Gasteiger partial charge in [-0.25, -0.2) is 0 Å². The van der Waals surface area contributed by atoms with E-state index in [1.807, 2.05) is 49.4 Å². The highest BCUT2D eigenvalue weighted by Gasteiger charge is 2.22. The Kier molecular flexibility index (Phi) is 4.41. The van der Waals surface area contributed by atoms with E-state index in [1.54, 1.807) is 6.07 Å². The second-order valence-electron chi connectivity index (χ2n) is 6.36. The second-order valence-corrected chi connectivity index (χ2v) is 7.42. The second kappa shape index (κ2) is 6.89. The van der Waals surface area contributed by atoms with Crippen LogP contribution in [-0.2, 0) is 11.4 Å². The largest absolute Gasteiger partial charge is 0.488 e. The number of amides is 2. The lowest BCUT2D eigenvalue weighted by molar-refractivity contribution is -0.114. The van der Waals surface area contributed by atoms with E-state index in [0.29, 0.717) is 22.9 Å². The summed E-state index contributed by atoms with van der Waals surface area (Å²) < 4.78 is 5.77. The smallest absolute Gasteiger partial charge is 0.265 e. The zero-order valence-electron chi connectivity index (χ0n) is 15.0. The molecule has 0 bridgehead atoms. The summed E-state index contributed by atoms with van der Waals surface area (Å²) in [6, 6.07) is 15.2. The number of ether oxygens (including phenoxy) is 1. The van der Waals surface area contributed by atoms with E-state index in [1.165, 1.54) is 18.3 Å². The van der Waals surface area contributed by atoms with E-state index in [4.69, 9.17) is 4.74 Å². The zero-order valence-corrected chi connectivity index (χ0v) is 15.8. The molecule has 1 aliphatic heterocycles. The summed E-state index contributed by atoms with van der Waals surface area (Å²) in [6.07, 6.45) is 0. The van der Waals surface area contributed by atoms with Crippen LogP contribution < -0.4 is 15.4 Å². The van der Waals surface area contributed by atoms with Crippen LogP contribution >= 0.6 is 11.3 Å². The molecule has 4 rings (SSSR count). The van der Waals surface area contributed by atoms with Gasteiger partial charge in [0.2, 0.25) is 5.91 Å². The Hall–Kier alpha value is -3.12. The number of hydrogen-bond acceptors (Lipinski definition) is 4. The summed E-state index contributed by atoms with van der Waals surface area (Å²) in [5, 5.41) is 5.73. The number of carbonyl (C=O) groups is 2. The van der Waals surface area contributed by atoms with Gasteiger partial charge in [-0.05, 0) is 42.8 Å². The third-order valence-electron chi connectivity index (χ3n) is 4.44. The summed E-state index contributed by atoms with van der Waals surface area (Å²) in [5.74, 6) is 0.527. The minimum absolute atomic E-state index is 0.147. The Bertz CT molecular complexity index is 1060. The van der Waals surface area contributed by atoms with E-state index in [9.17, 15) is 9.59 Å². The third-order valence-corrected chi connectivity index (χ3v) is 5.65. The van der Waals surface area contributed by atoms with E-state index >= 15 is 0 Å². The molecule has 0 unspecified atom stereocenters. The van der Waals surface area contributed by atoms with E-state index in [-0.39, 0.29) is 11.8 Å². The zero-order chi connectivity index (χ0) is 19.0. The summed E-state index contributed by atoms with van der Waals surface area (Å²) in [7, 11) is 0. The van der Waals surface area contributed by atoms with Gasteiger partial charge in [-0.2, -0.15) is 0 Å². The first kappa shape index (κ1) is 17.3. The molecule has 136 valence electrons. The van der Waals surface area contributed by atoms with E-state index in [0.717, 1.165) is 27.3 Å². The molecule has 6 heteroatoms. The molecule has 2 aromatic carbocycles. The lowest BCUT2D eigenvalue weighted by atomic mass is 10.1. The highest BCUT2D eigenvalue weighted by molar-refractivity contribution is 7.17. The summed E-state index contributed by atoms with van der Waals surface area (Å²) >= 11 is 1.46. The maximum Gasteiger partial charge on any atom is 0.265 e. The SMILES string of the molecule is CC(=O)Nc1cccc(NC(=O)c2cc3c(s2)-c2ccccc2OC3)c1C. The topological polar surface area (TPSA) is 67.4 Å². The van der Waals surface area contributed by atoms with Crippen LogP contribution in [0, 0.1) is 6.92 Å². The molecule has 0 fully saturated rings. The molecule has 0 atom stereocenters. The number of carbonyl (C=O) groups excluding carboxylic acids is 2. The lowest BCUT2D eigenvalue weighted by Crippen LogP contribution is -2.13. The Labute approximate surface area is 161 Å². The maximum absolute atomic E-state index is 12.8. The monoisotopic (exact) mass is 378 g/mol. The Morgan fingerprint density at radius 1 is 1.04 bits per heavy atom. The fraction of sp³-hybridized carbons (Fsp3) is 0.143. The molecule has 0 saturated carbocycles. The highest BCUT2D eigenvalue weighted by atomic mass is 32.1. The molecular formula is C21H18N2O3S. The summed E-state index contributed by atoms with van der Waals surface area (Å²) in [6.45, 7) is 3.79. The lowest BCUT2D eigenvalue weighted by Gasteiger charge is -2.16. The van der Waals surface area contributed by atoms with Crippen molar-refractivity contribution in [2.24, 2.45) is 0 Å². The predicted octanol–water partition coefficient (Wildman–Crippen LogP) is 4.83. The molecule has 27 heavy (non-hydrogen) atoms. The molecule has 2 heterocycles. The molecule has 1 aliphatic rings. The van der Waals surface area contributed by atoms with E-state index in [2.05, 4.69) is 10.6 Å². The molecule has 5 nitrogen and oxygen atoms in total. The van der Waals surface area contributed by atoms with Crippen LogP contribution in [0.15, 0.2) is 48.5 Å². The van der Waals surface area contributed by atoms with Crippen molar-refractivity contribution in [3.8, 4) is 16.2 Å². The van der Waals surface area contributed by atoms with Crippen LogP contribution in [0.1, 0.15) is 27.7 Å².